The third kappa shape index (κ3) is 5.58. The van der Waals surface area contributed by atoms with Crippen LogP contribution in [0, 0.1) is 11.8 Å². The van der Waals surface area contributed by atoms with Crippen molar-refractivity contribution in [3.63, 3.8) is 0 Å². The van der Waals surface area contributed by atoms with E-state index in [1.165, 1.54) is 38.5 Å². The van der Waals surface area contributed by atoms with Crippen molar-refractivity contribution in [1.29, 1.82) is 0 Å². The van der Waals surface area contributed by atoms with Crippen LogP contribution in [-0.2, 0) is 18.7 Å². The molecule has 1 heterocycles. The van der Waals surface area contributed by atoms with Crippen LogP contribution in [0.25, 0.3) is 0 Å². The molecule has 4 rings (SSSR count). The average molecular weight is 456 g/mol. The van der Waals surface area contributed by atoms with Gasteiger partial charge in [-0.1, -0.05) is 50.7 Å². The number of ether oxygens (including phenoxy) is 2. The molecule has 2 fully saturated rings. The number of methoxy groups -OCH3 is 2. The fraction of sp³-hybridized carbons (Fsp3) is 0.643. The maximum absolute atomic E-state index is 11.7. The van der Waals surface area contributed by atoms with Crippen molar-refractivity contribution in [2.45, 2.75) is 89.9 Å². The number of benzene rings is 1. The first-order chi connectivity index (χ1) is 15.9. The molecule has 182 valence electrons. The summed E-state index contributed by atoms with van der Waals surface area (Å²) < 4.78 is 17.5. The second-order valence-corrected chi connectivity index (χ2v) is 10.5. The molecule has 1 aromatic carbocycles. The molecular formula is C28H41NO4. The molecule has 1 aromatic heterocycles. The zero-order valence-electron chi connectivity index (χ0n) is 20.8. The molecule has 0 amide bonds. The molecule has 0 bridgehead atoms. The normalized spacial score (nSPS) is 17.3. The van der Waals surface area contributed by atoms with Crippen molar-refractivity contribution in [3.8, 4) is 11.5 Å². The summed E-state index contributed by atoms with van der Waals surface area (Å²) in [5, 5.41) is 11.7. The van der Waals surface area contributed by atoms with Gasteiger partial charge in [0, 0.05) is 18.2 Å². The van der Waals surface area contributed by atoms with Gasteiger partial charge in [-0.15, -0.1) is 0 Å². The van der Waals surface area contributed by atoms with E-state index in [2.05, 4.69) is 30.9 Å². The molecule has 2 aliphatic carbocycles. The van der Waals surface area contributed by atoms with Gasteiger partial charge in [-0.2, -0.15) is 0 Å². The molecule has 0 aliphatic heterocycles. The van der Waals surface area contributed by atoms with E-state index in [0.717, 1.165) is 48.0 Å². The van der Waals surface area contributed by atoms with Crippen LogP contribution in [0.2, 0.25) is 0 Å². The molecule has 2 aliphatic rings. The Kier molecular flexibility index (Phi) is 7.70. The third-order valence-corrected chi connectivity index (χ3v) is 7.77. The van der Waals surface area contributed by atoms with E-state index < -0.39 is 5.60 Å². The monoisotopic (exact) mass is 455 g/mol. The van der Waals surface area contributed by atoms with Crippen molar-refractivity contribution in [1.82, 2.24) is 4.90 Å². The Morgan fingerprint density at radius 2 is 1.64 bits per heavy atom. The molecule has 1 N–H and O–H groups in total. The highest BCUT2D eigenvalue weighted by Gasteiger charge is 2.40. The predicted octanol–water partition coefficient (Wildman–Crippen LogP) is 6.28. The topological polar surface area (TPSA) is 55.1 Å². The summed E-state index contributed by atoms with van der Waals surface area (Å²) in [7, 11) is 3.35. The van der Waals surface area contributed by atoms with Gasteiger partial charge >= 0.3 is 0 Å². The van der Waals surface area contributed by atoms with Crippen molar-refractivity contribution in [2.75, 3.05) is 14.2 Å². The van der Waals surface area contributed by atoms with Crippen molar-refractivity contribution in [3.05, 3.63) is 47.4 Å². The summed E-state index contributed by atoms with van der Waals surface area (Å²) >= 11 is 0. The summed E-state index contributed by atoms with van der Waals surface area (Å²) in [5.74, 6) is 4.46. The molecule has 0 saturated heterocycles. The zero-order valence-corrected chi connectivity index (χ0v) is 20.8. The van der Waals surface area contributed by atoms with Crippen LogP contribution in [-0.4, -0.2) is 30.3 Å². The third-order valence-electron chi connectivity index (χ3n) is 7.77. The van der Waals surface area contributed by atoms with Crippen molar-refractivity contribution >= 4 is 0 Å². The van der Waals surface area contributed by atoms with E-state index in [1.54, 1.807) is 14.2 Å². The minimum atomic E-state index is -0.826. The molecule has 2 aromatic rings. The van der Waals surface area contributed by atoms with Gasteiger partial charge in [-0.05, 0) is 56.7 Å². The minimum Gasteiger partial charge on any atom is -0.493 e. The maximum atomic E-state index is 11.7. The number of furan rings is 1. The molecular weight excluding hydrogens is 414 g/mol. The number of aliphatic hydroxyl groups is 1. The molecule has 0 spiro atoms. The van der Waals surface area contributed by atoms with Gasteiger partial charge in [-0.3, -0.25) is 4.90 Å². The minimum absolute atomic E-state index is 0.318. The van der Waals surface area contributed by atoms with E-state index in [9.17, 15) is 5.11 Å². The lowest BCUT2D eigenvalue weighted by atomic mass is 9.70. The number of rotatable bonds is 12. The highest BCUT2D eigenvalue weighted by molar-refractivity contribution is 5.46. The van der Waals surface area contributed by atoms with Gasteiger partial charge < -0.3 is 19.0 Å². The van der Waals surface area contributed by atoms with Gasteiger partial charge in [0.25, 0.3) is 0 Å². The first-order valence-corrected chi connectivity index (χ1v) is 12.7. The lowest BCUT2D eigenvalue weighted by molar-refractivity contribution is -0.0494. The van der Waals surface area contributed by atoms with Crippen LogP contribution < -0.4 is 9.47 Å². The maximum Gasteiger partial charge on any atom is 0.165 e. The quantitative estimate of drug-likeness (QED) is 0.408. The Bertz CT molecular complexity index is 881. The smallest absolute Gasteiger partial charge is 0.165 e. The summed E-state index contributed by atoms with van der Waals surface area (Å²) in [6, 6.07) is 10.4. The average Bonchev–Trinajstić information content (AvgIpc) is 3.22. The zero-order chi connectivity index (χ0) is 23.4. The van der Waals surface area contributed by atoms with Crippen LogP contribution >= 0.6 is 0 Å². The van der Waals surface area contributed by atoms with E-state index in [-0.39, 0.29) is 0 Å². The van der Waals surface area contributed by atoms with Crippen LogP contribution in [0.15, 0.2) is 34.7 Å². The summed E-state index contributed by atoms with van der Waals surface area (Å²) in [5.41, 5.74) is 0.261. The highest BCUT2D eigenvalue weighted by Crippen LogP contribution is 2.45. The Hall–Kier alpha value is -1.98. The standard InChI is InChI=1S/C28H41NO4/c1-20(2)29(18-23-12-7-13-25(31-3)27(23)32-4)19-24-14-15-26(33-24)28(30,16-21-8-5-9-21)17-22-10-6-11-22/h7,12-15,20-22,30H,5-6,8-11,16-19H2,1-4H3. The van der Waals surface area contributed by atoms with Gasteiger partial charge in [-0.25, -0.2) is 0 Å². The van der Waals surface area contributed by atoms with Crippen LogP contribution in [0.1, 0.15) is 82.3 Å². The molecule has 33 heavy (non-hydrogen) atoms. The lowest BCUT2D eigenvalue weighted by Crippen LogP contribution is -2.34. The molecule has 0 radical (unpaired) electrons. The predicted molar refractivity (Wildman–Crippen MR) is 130 cm³/mol. The van der Waals surface area contributed by atoms with Crippen LogP contribution in [0.4, 0.5) is 0 Å². The first kappa shape index (κ1) is 24.2. The summed E-state index contributed by atoms with van der Waals surface area (Å²) in [4.78, 5) is 2.36. The lowest BCUT2D eigenvalue weighted by Gasteiger charge is -2.39. The number of nitrogens with zero attached hydrogens (tertiary/aromatic N) is 1. The van der Waals surface area contributed by atoms with E-state index in [1.807, 2.05) is 18.2 Å². The van der Waals surface area contributed by atoms with Gasteiger partial charge in [0.05, 0.1) is 20.8 Å². The van der Waals surface area contributed by atoms with E-state index in [4.69, 9.17) is 13.9 Å². The SMILES string of the molecule is COc1cccc(CN(Cc2ccc(C(O)(CC3CCC3)CC3CCC3)o2)C(C)C)c1OC. The molecule has 2 saturated carbocycles. The molecule has 0 unspecified atom stereocenters. The number of para-hydroxylation sites is 1. The number of hydrogen-bond donors (Lipinski definition) is 1. The Morgan fingerprint density at radius 3 is 2.15 bits per heavy atom. The molecule has 5 nitrogen and oxygen atoms in total. The second kappa shape index (κ2) is 10.5. The molecule has 5 heteroatoms. The molecule has 0 atom stereocenters. The largest absolute Gasteiger partial charge is 0.493 e. The van der Waals surface area contributed by atoms with Crippen LogP contribution in [0.3, 0.4) is 0 Å². The summed E-state index contributed by atoms with van der Waals surface area (Å²) in [6.45, 7) is 5.80. The fourth-order valence-electron chi connectivity index (χ4n) is 5.26. The van der Waals surface area contributed by atoms with Gasteiger partial charge in [0.15, 0.2) is 11.5 Å². The Morgan fingerprint density at radius 1 is 0.970 bits per heavy atom. The Labute approximate surface area is 199 Å². The number of hydrogen-bond acceptors (Lipinski definition) is 5. The Balaban J connectivity index is 1.50. The van der Waals surface area contributed by atoms with E-state index in [0.29, 0.717) is 24.4 Å². The van der Waals surface area contributed by atoms with E-state index >= 15 is 0 Å². The summed E-state index contributed by atoms with van der Waals surface area (Å²) in [6.07, 6.45) is 9.23. The van der Waals surface area contributed by atoms with Gasteiger partial charge in [0.2, 0.25) is 0 Å². The van der Waals surface area contributed by atoms with Crippen molar-refractivity contribution < 1.29 is 19.0 Å². The highest BCUT2D eigenvalue weighted by atomic mass is 16.5. The van der Waals surface area contributed by atoms with Crippen LogP contribution in [0.5, 0.6) is 11.5 Å². The first-order valence-electron chi connectivity index (χ1n) is 12.7. The fourth-order valence-corrected chi connectivity index (χ4v) is 5.26. The van der Waals surface area contributed by atoms with Gasteiger partial charge in [0.1, 0.15) is 17.1 Å². The second-order valence-electron chi connectivity index (χ2n) is 10.5. The van der Waals surface area contributed by atoms with Crippen molar-refractivity contribution in [2.24, 2.45) is 11.8 Å².